The lowest BCUT2D eigenvalue weighted by Gasteiger charge is -2.06. The fraction of sp³-hybridized carbons (Fsp3) is 0.400. The zero-order chi connectivity index (χ0) is 17.4. The zero-order valence-corrected chi connectivity index (χ0v) is 12.2. The fourth-order valence-corrected chi connectivity index (χ4v) is 2.71. The largest absolute Gasteiger partial charge is 0.408 e. The molecule has 0 bridgehead atoms. The van der Waals surface area contributed by atoms with Crippen LogP contribution in [0.2, 0.25) is 0 Å². The van der Waals surface area contributed by atoms with E-state index in [1.807, 2.05) is 4.72 Å². The Morgan fingerprint density at radius 2 is 1.96 bits per heavy atom. The second-order valence-corrected chi connectivity index (χ2v) is 6.18. The molecule has 13 heteroatoms. The molecule has 0 radical (unpaired) electrons. The summed E-state index contributed by atoms with van der Waals surface area (Å²) in [5.41, 5.74) is -1.26. The van der Waals surface area contributed by atoms with E-state index in [1.165, 1.54) is 7.05 Å². The molecule has 0 spiro atoms. The van der Waals surface area contributed by atoms with E-state index in [4.69, 9.17) is 0 Å². The molecule has 0 saturated heterocycles. The molecular formula is C10H10F5N5O2S. The lowest BCUT2D eigenvalue weighted by Crippen LogP contribution is -2.18. The van der Waals surface area contributed by atoms with Gasteiger partial charge in [0.2, 0.25) is 0 Å². The maximum absolute atomic E-state index is 12.8. The van der Waals surface area contributed by atoms with Gasteiger partial charge in [-0.3, -0.25) is 14.1 Å². The van der Waals surface area contributed by atoms with Gasteiger partial charge in [0.05, 0.1) is 11.9 Å². The van der Waals surface area contributed by atoms with Crippen molar-refractivity contribution in [3.05, 3.63) is 24.3 Å². The molecule has 2 rings (SSSR count). The van der Waals surface area contributed by atoms with Gasteiger partial charge in [-0.2, -0.15) is 23.4 Å². The number of hydrogen-bond acceptors (Lipinski definition) is 4. The van der Waals surface area contributed by atoms with Gasteiger partial charge in [0.25, 0.3) is 16.4 Å². The molecule has 2 heterocycles. The number of anilines is 1. The van der Waals surface area contributed by atoms with Gasteiger partial charge in [0, 0.05) is 19.4 Å². The summed E-state index contributed by atoms with van der Waals surface area (Å²) in [4.78, 5) is -0.592. The van der Waals surface area contributed by atoms with Gasteiger partial charge in [0.1, 0.15) is 11.4 Å². The number of aromatic nitrogens is 4. The molecule has 7 nitrogen and oxygen atoms in total. The molecule has 1 N–H and O–H groups in total. The highest BCUT2D eigenvalue weighted by atomic mass is 32.2. The number of halogens is 5. The van der Waals surface area contributed by atoms with Gasteiger partial charge in [-0.1, -0.05) is 0 Å². The Labute approximate surface area is 126 Å². The smallest absolute Gasteiger partial charge is 0.276 e. The summed E-state index contributed by atoms with van der Waals surface area (Å²) in [5, 5.41) is 6.69. The van der Waals surface area contributed by atoms with Crippen molar-refractivity contribution in [1.82, 2.24) is 19.6 Å². The quantitative estimate of drug-likeness (QED) is 0.827. The molecule has 0 aliphatic carbocycles. The average Bonchev–Trinajstić information content (AvgIpc) is 2.94. The first-order chi connectivity index (χ1) is 10.5. The van der Waals surface area contributed by atoms with Crippen LogP contribution in [0.15, 0.2) is 23.5 Å². The van der Waals surface area contributed by atoms with Gasteiger partial charge in [0.15, 0.2) is 5.69 Å². The van der Waals surface area contributed by atoms with Crippen LogP contribution in [0.3, 0.4) is 0 Å². The van der Waals surface area contributed by atoms with E-state index in [9.17, 15) is 30.4 Å². The number of rotatable bonds is 5. The number of sulfonamides is 1. The Hall–Kier alpha value is -2.18. The summed E-state index contributed by atoms with van der Waals surface area (Å²) in [7, 11) is -3.07. The van der Waals surface area contributed by atoms with Crippen LogP contribution in [0.1, 0.15) is 12.1 Å². The summed E-state index contributed by atoms with van der Waals surface area (Å²) in [6.07, 6.45) is -5.26. The first-order valence-electron chi connectivity index (χ1n) is 5.91. The van der Waals surface area contributed by atoms with E-state index in [1.54, 1.807) is 0 Å². The number of alkyl halides is 5. The lowest BCUT2D eigenvalue weighted by atomic mass is 10.4. The second kappa shape index (κ2) is 5.79. The minimum atomic E-state index is -4.58. The Morgan fingerprint density at radius 3 is 2.52 bits per heavy atom. The summed E-state index contributed by atoms with van der Waals surface area (Å²) < 4.78 is 89.5. The molecule has 0 saturated carbocycles. The van der Waals surface area contributed by atoms with Gasteiger partial charge in [-0.05, 0) is 0 Å². The van der Waals surface area contributed by atoms with E-state index in [2.05, 4.69) is 10.2 Å². The second-order valence-electron chi connectivity index (χ2n) is 4.50. The Morgan fingerprint density at radius 1 is 1.30 bits per heavy atom. The van der Waals surface area contributed by atoms with Gasteiger partial charge >= 0.3 is 6.18 Å². The monoisotopic (exact) mass is 359 g/mol. The zero-order valence-electron chi connectivity index (χ0n) is 11.4. The van der Waals surface area contributed by atoms with E-state index >= 15 is 0 Å². The summed E-state index contributed by atoms with van der Waals surface area (Å²) >= 11 is 0. The average molecular weight is 359 g/mol. The lowest BCUT2D eigenvalue weighted by molar-refractivity contribution is -0.142. The van der Waals surface area contributed by atoms with Crippen molar-refractivity contribution in [3.8, 4) is 0 Å². The third kappa shape index (κ3) is 4.18. The van der Waals surface area contributed by atoms with Gasteiger partial charge < -0.3 is 0 Å². The number of aryl methyl sites for hydroxylation is 1. The highest BCUT2D eigenvalue weighted by Crippen LogP contribution is 2.27. The topological polar surface area (TPSA) is 81.8 Å². The van der Waals surface area contributed by atoms with Crippen LogP contribution in [0.25, 0.3) is 0 Å². The van der Waals surface area contributed by atoms with E-state index in [-0.39, 0.29) is 0 Å². The molecule has 0 aromatic carbocycles. The molecule has 23 heavy (non-hydrogen) atoms. The fourth-order valence-electron chi connectivity index (χ4n) is 1.70. The van der Waals surface area contributed by atoms with E-state index in [0.717, 1.165) is 10.9 Å². The van der Waals surface area contributed by atoms with Crippen LogP contribution in [0.5, 0.6) is 0 Å². The predicted octanol–water partition coefficient (Wildman–Crippen LogP) is 1.92. The Bertz CT molecular complexity index is 795. The van der Waals surface area contributed by atoms with Crippen LogP contribution < -0.4 is 4.72 Å². The van der Waals surface area contributed by atoms with E-state index in [0.29, 0.717) is 17.1 Å². The van der Waals surface area contributed by atoms with Crippen molar-refractivity contribution in [2.75, 3.05) is 4.72 Å². The van der Waals surface area contributed by atoms with Crippen LogP contribution >= 0.6 is 0 Å². The predicted molar refractivity (Wildman–Crippen MR) is 67.3 cm³/mol. The molecule has 2 aromatic heterocycles. The highest BCUT2D eigenvalue weighted by molar-refractivity contribution is 7.92. The Kier molecular flexibility index (Phi) is 4.32. The molecular weight excluding hydrogens is 349 g/mol. The van der Waals surface area contributed by atoms with Crippen molar-refractivity contribution in [3.63, 3.8) is 0 Å². The maximum Gasteiger partial charge on any atom is 0.408 e. The Balaban J connectivity index is 2.26. The standard InChI is InChI=1S/C10H10F5N5O2S/c1-19-4-7(8(17-19)9(11)12)18-23(21,22)6-2-16-20(3-6)5-10(13,14)15/h2-4,9,18H,5H2,1H3. The molecule has 0 aliphatic heterocycles. The summed E-state index contributed by atoms with van der Waals surface area (Å²) in [5.74, 6) is 0. The molecule has 0 amide bonds. The molecule has 2 aromatic rings. The first-order valence-corrected chi connectivity index (χ1v) is 7.40. The molecule has 0 atom stereocenters. The summed E-state index contributed by atoms with van der Waals surface area (Å²) in [6, 6.07) is 0. The van der Waals surface area contributed by atoms with Crippen LogP contribution in [-0.2, 0) is 23.6 Å². The van der Waals surface area contributed by atoms with Crippen molar-refractivity contribution >= 4 is 15.7 Å². The number of hydrogen-bond donors (Lipinski definition) is 1. The van der Waals surface area contributed by atoms with Gasteiger partial charge in [-0.15, -0.1) is 0 Å². The molecule has 0 aliphatic rings. The first kappa shape index (κ1) is 17.2. The SMILES string of the molecule is Cn1cc(NS(=O)(=O)c2cnn(CC(F)(F)F)c2)c(C(F)F)n1. The third-order valence-electron chi connectivity index (χ3n) is 2.57. The van der Waals surface area contributed by atoms with Crippen LogP contribution in [0.4, 0.5) is 27.6 Å². The van der Waals surface area contributed by atoms with Crippen molar-refractivity contribution < 1.29 is 30.4 Å². The minimum Gasteiger partial charge on any atom is -0.276 e. The molecule has 0 fully saturated rings. The van der Waals surface area contributed by atoms with Crippen molar-refractivity contribution in [2.45, 2.75) is 24.0 Å². The maximum atomic E-state index is 12.8. The number of nitrogens with zero attached hydrogens (tertiary/aromatic N) is 4. The van der Waals surface area contributed by atoms with Crippen LogP contribution in [-0.4, -0.2) is 34.2 Å². The van der Waals surface area contributed by atoms with Crippen molar-refractivity contribution in [1.29, 1.82) is 0 Å². The third-order valence-corrected chi connectivity index (χ3v) is 3.89. The highest BCUT2D eigenvalue weighted by Gasteiger charge is 2.30. The van der Waals surface area contributed by atoms with Crippen molar-refractivity contribution in [2.24, 2.45) is 7.05 Å². The molecule has 0 unspecified atom stereocenters. The van der Waals surface area contributed by atoms with Crippen LogP contribution in [0, 0.1) is 0 Å². The van der Waals surface area contributed by atoms with Gasteiger partial charge in [-0.25, -0.2) is 17.2 Å². The minimum absolute atomic E-state index is 0.381. The normalized spacial score (nSPS) is 12.8. The van der Waals surface area contributed by atoms with E-state index < -0.39 is 45.4 Å². The number of nitrogens with one attached hydrogen (secondary N) is 1. The summed E-state index contributed by atoms with van der Waals surface area (Å²) in [6.45, 7) is -1.47. The molecule has 128 valence electrons.